The molecule has 0 saturated carbocycles. The van der Waals surface area contributed by atoms with Crippen molar-refractivity contribution in [3.63, 3.8) is 0 Å². The SMILES string of the molecule is CCCc1nc(CN2CCCC(N)C2)no1.Cl. The maximum atomic E-state index is 5.93. The molecule has 1 atom stereocenters. The molecule has 1 unspecified atom stereocenters. The Morgan fingerprint density at radius 3 is 3.06 bits per heavy atom. The molecule has 1 fully saturated rings. The maximum Gasteiger partial charge on any atom is 0.226 e. The number of piperidine rings is 1. The van der Waals surface area contributed by atoms with E-state index >= 15 is 0 Å². The molecule has 17 heavy (non-hydrogen) atoms. The van der Waals surface area contributed by atoms with Gasteiger partial charge in [0.1, 0.15) is 0 Å². The largest absolute Gasteiger partial charge is 0.339 e. The minimum Gasteiger partial charge on any atom is -0.339 e. The molecule has 0 aliphatic carbocycles. The second-order valence-corrected chi connectivity index (χ2v) is 4.49. The number of halogens is 1. The van der Waals surface area contributed by atoms with Crippen LogP contribution in [0.2, 0.25) is 0 Å². The predicted molar refractivity (Wildman–Crippen MR) is 68.0 cm³/mol. The highest BCUT2D eigenvalue weighted by atomic mass is 35.5. The summed E-state index contributed by atoms with van der Waals surface area (Å²) in [5.74, 6) is 1.54. The molecule has 0 amide bonds. The van der Waals surface area contributed by atoms with E-state index in [0.29, 0.717) is 6.04 Å². The summed E-state index contributed by atoms with van der Waals surface area (Å²) in [5, 5.41) is 3.99. The van der Waals surface area contributed by atoms with E-state index in [1.165, 1.54) is 6.42 Å². The molecular weight excluding hydrogens is 240 g/mol. The molecule has 2 rings (SSSR count). The third kappa shape index (κ3) is 4.26. The van der Waals surface area contributed by atoms with E-state index in [0.717, 1.165) is 50.6 Å². The molecule has 0 aromatic carbocycles. The fourth-order valence-corrected chi connectivity index (χ4v) is 2.10. The molecule has 1 aliphatic heterocycles. The number of nitrogens with two attached hydrogens (primary N) is 1. The van der Waals surface area contributed by atoms with Crippen LogP contribution in [-0.2, 0) is 13.0 Å². The molecule has 1 aromatic rings. The number of hydrogen-bond donors (Lipinski definition) is 1. The van der Waals surface area contributed by atoms with E-state index in [9.17, 15) is 0 Å². The summed E-state index contributed by atoms with van der Waals surface area (Å²) in [5.41, 5.74) is 5.93. The second kappa shape index (κ2) is 6.93. The van der Waals surface area contributed by atoms with Crippen LogP contribution in [0.3, 0.4) is 0 Å². The van der Waals surface area contributed by atoms with Crippen molar-refractivity contribution in [3.05, 3.63) is 11.7 Å². The van der Waals surface area contributed by atoms with Gasteiger partial charge in [-0.2, -0.15) is 4.98 Å². The Bertz CT molecular complexity index is 331. The van der Waals surface area contributed by atoms with E-state index in [-0.39, 0.29) is 12.4 Å². The third-order valence-corrected chi connectivity index (χ3v) is 2.88. The molecule has 5 nitrogen and oxygen atoms in total. The molecular formula is C11H21ClN4O. The van der Waals surface area contributed by atoms with Crippen LogP contribution in [0.15, 0.2) is 4.52 Å². The van der Waals surface area contributed by atoms with Gasteiger partial charge in [-0.15, -0.1) is 12.4 Å². The highest BCUT2D eigenvalue weighted by Crippen LogP contribution is 2.11. The number of aryl methyl sites for hydroxylation is 1. The predicted octanol–water partition coefficient (Wildman–Crippen LogP) is 1.37. The average molecular weight is 261 g/mol. The van der Waals surface area contributed by atoms with E-state index in [2.05, 4.69) is 22.0 Å². The van der Waals surface area contributed by atoms with Crippen molar-refractivity contribution in [2.75, 3.05) is 13.1 Å². The Hall–Kier alpha value is -0.650. The molecule has 98 valence electrons. The number of nitrogens with zero attached hydrogens (tertiary/aromatic N) is 3. The monoisotopic (exact) mass is 260 g/mol. The summed E-state index contributed by atoms with van der Waals surface area (Å²) in [6.45, 7) is 4.90. The Balaban J connectivity index is 0.00000144. The summed E-state index contributed by atoms with van der Waals surface area (Å²) in [4.78, 5) is 6.66. The van der Waals surface area contributed by atoms with Crippen LogP contribution < -0.4 is 5.73 Å². The molecule has 1 saturated heterocycles. The zero-order valence-electron chi connectivity index (χ0n) is 10.3. The number of rotatable bonds is 4. The first-order chi connectivity index (χ1) is 7.78. The van der Waals surface area contributed by atoms with Crippen LogP contribution in [0.25, 0.3) is 0 Å². The lowest BCUT2D eigenvalue weighted by molar-refractivity contribution is 0.195. The van der Waals surface area contributed by atoms with Gasteiger partial charge in [-0.1, -0.05) is 12.1 Å². The van der Waals surface area contributed by atoms with Crippen molar-refractivity contribution in [1.82, 2.24) is 15.0 Å². The first-order valence-corrected chi connectivity index (χ1v) is 6.07. The number of likely N-dealkylation sites (tertiary alicyclic amines) is 1. The van der Waals surface area contributed by atoms with Crippen LogP contribution in [0.4, 0.5) is 0 Å². The second-order valence-electron chi connectivity index (χ2n) is 4.49. The number of aromatic nitrogens is 2. The van der Waals surface area contributed by atoms with Crippen molar-refractivity contribution in [2.45, 2.75) is 45.2 Å². The summed E-state index contributed by atoms with van der Waals surface area (Å²) >= 11 is 0. The molecule has 0 radical (unpaired) electrons. The van der Waals surface area contributed by atoms with Crippen molar-refractivity contribution in [3.8, 4) is 0 Å². The van der Waals surface area contributed by atoms with Crippen LogP contribution in [0, 0.1) is 0 Å². The fourth-order valence-electron chi connectivity index (χ4n) is 2.10. The molecule has 2 N–H and O–H groups in total. The lowest BCUT2D eigenvalue weighted by Crippen LogP contribution is -2.42. The van der Waals surface area contributed by atoms with Crippen LogP contribution in [0.5, 0.6) is 0 Å². The molecule has 1 aromatic heterocycles. The topological polar surface area (TPSA) is 68.2 Å². The minimum atomic E-state index is 0. The summed E-state index contributed by atoms with van der Waals surface area (Å²) < 4.78 is 5.15. The molecule has 2 heterocycles. The standard InChI is InChI=1S/C11H20N4O.ClH/c1-2-4-11-13-10(14-16-11)8-15-6-3-5-9(12)7-15;/h9H,2-8,12H2,1H3;1H. The molecule has 0 spiro atoms. The van der Waals surface area contributed by atoms with Gasteiger partial charge in [0.25, 0.3) is 0 Å². The zero-order valence-corrected chi connectivity index (χ0v) is 11.1. The Morgan fingerprint density at radius 1 is 1.53 bits per heavy atom. The first-order valence-electron chi connectivity index (χ1n) is 6.07. The smallest absolute Gasteiger partial charge is 0.226 e. The van der Waals surface area contributed by atoms with Gasteiger partial charge in [0.2, 0.25) is 5.89 Å². The number of hydrogen-bond acceptors (Lipinski definition) is 5. The summed E-state index contributed by atoms with van der Waals surface area (Å²) in [6, 6.07) is 0.302. The highest BCUT2D eigenvalue weighted by molar-refractivity contribution is 5.85. The van der Waals surface area contributed by atoms with Crippen LogP contribution in [-0.4, -0.2) is 34.2 Å². The lowest BCUT2D eigenvalue weighted by atomic mass is 10.1. The van der Waals surface area contributed by atoms with E-state index < -0.39 is 0 Å². The van der Waals surface area contributed by atoms with Crippen LogP contribution >= 0.6 is 12.4 Å². The Kier molecular flexibility index (Phi) is 5.88. The lowest BCUT2D eigenvalue weighted by Gasteiger charge is -2.29. The normalized spacial score (nSPS) is 21.2. The van der Waals surface area contributed by atoms with E-state index in [1.807, 2.05) is 0 Å². The van der Waals surface area contributed by atoms with Gasteiger partial charge in [-0.05, 0) is 25.8 Å². The quantitative estimate of drug-likeness (QED) is 0.886. The van der Waals surface area contributed by atoms with Crippen molar-refractivity contribution >= 4 is 12.4 Å². The van der Waals surface area contributed by atoms with Gasteiger partial charge in [0.15, 0.2) is 5.82 Å². The zero-order chi connectivity index (χ0) is 11.4. The van der Waals surface area contributed by atoms with Gasteiger partial charge in [-0.25, -0.2) is 0 Å². The van der Waals surface area contributed by atoms with Gasteiger partial charge < -0.3 is 10.3 Å². The van der Waals surface area contributed by atoms with Crippen molar-refractivity contribution < 1.29 is 4.52 Å². The average Bonchev–Trinajstić information content (AvgIpc) is 2.66. The minimum absolute atomic E-state index is 0. The fraction of sp³-hybridized carbons (Fsp3) is 0.818. The maximum absolute atomic E-state index is 5.93. The van der Waals surface area contributed by atoms with Gasteiger partial charge in [0.05, 0.1) is 6.54 Å². The van der Waals surface area contributed by atoms with E-state index in [1.54, 1.807) is 0 Å². The van der Waals surface area contributed by atoms with Gasteiger partial charge >= 0.3 is 0 Å². The van der Waals surface area contributed by atoms with Crippen molar-refractivity contribution in [1.29, 1.82) is 0 Å². The summed E-state index contributed by atoms with van der Waals surface area (Å²) in [7, 11) is 0. The van der Waals surface area contributed by atoms with Crippen LogP contribution in [0.1, 0.15) is 37.9 Å². The first kappa shape index (κ1) is 14.4. The molecule has 1 aliphatic rings. The van der Waals surface area contributed by atoms with Gasteiger partial charge in [0, 0.05) is 19.0 Å². The Morgan fingerprint density at radius 2 is 2.35 bits per heavy atom. The molecule has 6 heteroatoms. The van der Waals surface area contributed by atoms with Crippen molar-refractivity contribution in [2.24, 2.45) is 5.73 Å². The van der Waals surface area contributed by atoms with Gasteiger partial charge in [-0.3, -0.25) is 4.90 Å². The third-order valence-electron chi connectivity index (χ3n) is 2.88. The molecule has 0 bridgehead atoms. The highest BCUT2D eigenvalue weighted by Gasteiger charge is 2.18. The Labute approximate surface area is 108 Å². The summed E-state index contributed by atoms with van der Waals surface area (Å²) in [6.07, 6.45) is 4.20. The van der Waals surface area contributed by atoms with E-state index in [4.69, 9.17) is 10.3 Å².